The van der Waals surface area contributed by atoms with E-state index in [0.29, 0.717) is 11.5 Å². The number of ether oxygens (including phenoxy) is 5. The predicted octanol–water partition coefficient (Wildman–Crippen LogP) is 8.36. The van der Waals surface area contributed by atoms with Crippen LogP contribution in [0.1, 0.15) is 41.7 Å². The Hall–Kier alpha value is -4.94. The van der Waals surface area contributed by atoms with E-state index in [1.54, 1.807) is 21.3 Å². The zero-order chi connectivity index (χ0) is 32.3. The van der Waals surface area contributed by atoms with Crippen LogP contribution in [0.15, 0.2) is 91.0 Å². The van der Waals surface area contributed by atoms with Crippen molar-refractivity contribution >= 4 is 22.5 Å². The molecule has 1 aliphatic carbocycles. The Bertz CT molecular complexity index is 2040. The van der Waals surface area contributed by atoms with Crippen molar-refractivity contribution in [1.82, 2.24) is 0 Å². The molecular formula is C41H39NO5. The third-order valence-electron chi connectivity index (χ3n) is 10.2. The predicted molar refractivity (Wildman–Crippen MR) is 188 cm³/mol. The summed E-state index contributed by atoms with van der Waals surface area (Å²) in [7, 11) is 5.00. The molecule has 5 aromatic rings. The molecular weight excluding hydrogens is 586 g/mol. The minimum Gasteiger partial charge on any atom is -0.497 e. The molecule has 8 rings (SSSR count). The van der Waals surface area contributed by atoms with Crippen molar-refractivity contribution in [1.29, 1.82) is 0 Å². The van der Waals surface area contributed by atoms with Gasteiger partial charge in [-0.05, 0) is 70.1 Å². The molecule has 0 bridgehead atoms. The number of methoxy groups -OCH3 is 3. The van der Waals surface area contributed by atoms with Crippen LogP contribution in [-0.4, -0.2) is 47.6 Å². The fraction of sp³-hybridized carbons (Fsp3) is 0.268. The maximum atomic E-state index is 7.44. The summed E-state index contributed by atoms with van der Waals surface area (Å²) in [5.74, 6) is 2.98. The number of anilines is 1. The highest BCUT2D eigenvalue weighted by molar-refractivity contribution is 6.08. The highest BCUT2D eigenvalue weighted by atomic mass is 16.5. The molecule has 2 aliphatic heterocycles. The van der Waals surface area contributed by atoms with Gasteiger partial charge in [-0.1, -0.05) is 68.5 Å². The first-order chi connectivity index (χ1) is 22.9. The zero-order valence-electron chi connectivity index (χ0n) is 27.6. The topological polar surface area (TPSA) is 49.4 Å². The maximum absolute atomic E-state index is 7.44. The second kappa shape index (κ2) is 11.1. The highest BCUT2D eigenvalue weighted by Gasteiger charge is 2.44. The summed E-state index contributed by atoms with van der Waals surface area (Å²) in [6, 6.07) is 29.8. The summed E-state index contributed by atoms with van der Waals surface area (Å²) in [5, 5.41) is 2.28. The second-order valence-electron chi connectivity index (χ2n) is 13.0. The molecule has 1 unspecified atom stereocenters. The quantitative estimate of drug-likeness (QED) is 0.189. The monoisotopic (exact) mass is 625 g/mol. The first-order valence-electron chi connectivity index (χ1n) is 16.2. The molecule has 1 saturated heterocycles. The molecule has 1 atom stereocenters. The molecule has 0 radical (unpaired) electrons. The third-order valence-corrected chi connectivity index (χ3v) is 10.2. The number of hydrogen-bond acceptors (Lipinski definition) is 6. The highest BCUT2D eigenvalue weighted by Crippen LogP contribution is 2.58. The number of fused-ring (bicyclic) bond motifs is 8. The Kier molecular flexibility index (Phi) is 6.96. The fourth-order valence-electron chi connectivity index (χ4n) is 7.82. The lowest BCUT2D eigenvalue weighted by atomic mass is 9.76. The fourth-order valence-corrected chi connectivity index (χ4v) is 7.82. The van der Waals surface area contributed by atoms with E-state index in [9.17, 15) is 0 Å². The summed E-state index contributed by atoms with van der Waals surface area (Å²) in [4.78, 5) is 2.44. The Morgan fingerprint density at radius 2 is 1.45 bits per heavy atom. The minimum absolute atomic E-state index is 0.252. The Morgan fingerprint density at radius 1 is 0.723 bits per heavy atom. The van der Waals surface area contributed by atoms with E-state index in [-0.39, 0.29) is 5.41 Å². The van der Waals surface area contributed by atoms with Crippen molar-refractivity contribution in [3.63, 3.8) is 0 Å². The van der Waals surface area contributed by atoms with E-state index in [1.165, 1.54) is 33.3 Å². The van der Waals surface area contributed by atoms with Crippen molar-refractivity contribution in [3.8, 4) is 34.1 Å². The van der Waals surface area contributed by atoms with E-state index in [2.05, 4.69) is 91.6 Å². The van der Waals surface area contributed by atoms with Crippen molar-refractivity contribution in [2.75, 3.05) is 52.5 Å². The molecule has 6 heteroatoms. The van der Waals surface area contributed by atoms with Crippen LogP contribution in [0.3, 0.4) is 0 Å². The third kappa shape index (κ3) is 4.42. The maximum Gasteiger partial charge on any atom is 0.178 e. The molecule has 47 heavy (non-hydrogen) atoms. The summed E-state index contributed by atoms with van der Waals surface area (Å²) in [6.45, 7) is 8.04. The largest absolute Gasteiger partial charge is 0.497 e. The summed E-state index contributed by atoms with van der Waals surface area (Å²) in [5.41, 5.74) is 8.34. The number of benzene rings is 5. The summed E-state index contributed by atoms with van der Waals surface area (Å²) >= 11 is 0. The van der Waals surface area contributed by atoms with Crippen molar-refractivity contribution in [2.24, 2.45) is 0 Å². The standard InChI is InChI=1S/C41H39NO5/c1-40(2)34-25-28(42-20-22-46-23-21-42)13-16-32(34)37-30-8-6-7-9-31(30)39-33(38(37)40)18-19-41(47-39,26-10-14-29(43-3)15-11-26)27-12-17-35(44-4)36(24-27)45-5/h6-19,24-25H,20-23H2,1-5H3. The van der Waals surface area contributed by atoms with Crippen molar-refractivity contribution < 1.29 is 23.7 Å². The number of morpholine rings is 1. The van der Waals surface area contributed by atoms with Crippen molar-refractivity contribution in [2.45, 2.75) is 24.9 Å². The Morgan fingerprint density at radius 3 is 2.17 bits per heavy atom. The Labute approximate surface area is 276 Å². The lowest BCUT2D eigenvalue weighted by Gasteiger charge is -2.38. The number of nitrogens with zero attached hydrogens (tertiary/aromatic N) is 1. The van der Waals surface area contributed by atoms with Crippen LogP contribution >= 0.6 is 0 Å². The molecule has 0 spiro atoms. The van der Waals surface area contributed by atoms with E-state index in [0.717, 1.165) is 59.9 Å². The molecule has 0 aromatic heterocycles. The van der Waals surface area contributed by atoms with Gasteiger partial charge in [-0.2, -0.15) is 0 Å². The SMILES string of the molecule is COc1ccc(C2(c3ccc(OC)c(OC)c3)C=Cc3c4c(c5ccccc5c3O2)-c2ccc(N3CCOCC3)cc2C4(C)C)cc1. The van der Waals surface area contributed by atoms with Gasteiger partial charge < -0.3 is 28.6 Å². The lowest BCUT2D eigenvalue weighted by molar-refractivity contribution is 0.122. The van der Waals surface area contributed by atoms with Gasteiger partial charge in [0.15, 0.2) is 17.1 Å². The van der Waals surface area contributed by atoms with Crippen LogP contribution in [0.25, 0.3) is 28.0 Å². The van der Waals surface area contributed by atoms with Gasteiger partial charge in [0.05, 0.1) is 34.5 Å². The van der Waals surface area contributed by atoms with Gasteiger partial charge in [0, 0.05) is 46.3 Å². The van der Waals surface area contributed by atoms with E-state index in [1.807, 2.05) is 24.3 Å². The average molecular weight is 626 g/mol. The van der Waals surface area contributed by atoms with Crippen LogP contribution in [0, 0.1) is 0 Å². The number of hydrogen-bond donors (Lipinski definition) is 0. The van der Waals surface area contributed by atoms with Crippen LogP contribution in [0.5, 0.6) is 23.0 Å². The molecule has 238 valence electrons. The van der Waals surface area contributed by atoms with Gasteiger partial charge >= 0.3 is 0 Å². The lowest BCUT2D eigenvalue weighted by Crippen LogP contribution is -2.36. The number of rotatable bonds is 6. The molecule has 2 heterocycles. The van der Waals surface area contributed by atoms with E-state index < -0.39 is 5.60 Å². The van der Waals surface area contributed by atoms with Gasteiger partial charge in [-0.15, -0.1) is 0 Å². The zero-order valence-corrected chi connectivity index (χ0v) is 27.6. The molecule has 3 aliphatic rings. The van der Waals surface area contributed by atoms with Crippen LogP contribution < -0.4 is 23.8 Å². The van der Waals surface area contributed by atoms with E-state index in [4.69, 9.17) is 23.7 Å². The van der Waals surface area contributed by atoms with Gasteiger partial charge in [-0.25, -0.2) is 0 Å². The second-order valence-corrected chi connectivity index (χ2v) is 13.0. The first kappa shape index (κ1) is 29.5. The average Bonchev–Trinajstić information content (AvgIpc) is 3.37. The van der Waals surface area contributed by atoms with Crippen LogP contribution in [0.4, 0.5) is 5.69 Å². The van der Waals surface area contributed by atoms with Gasteiger partial charge in [-0.3, -0.25) is 0 Å². The van der Waals surface area contributed by atoms with Gasteiger partial charge in [0.1, 0.15) is 11.5 Å². The normalized spacial score (nSPS) is 19.0. The van der Waals surface area contributed by atoms with Crippen LogP contribution in [-0.2, 0) is 15.8 Å². The molecule has 0 amide bonds. The molecule has 6 nitrogen and oxygen atoms in total. The van der Waals surface area contributed by atoms with Crippen LogP contribution in [0.2, 0.25) is 0 Å². The molecule has 0 N–H and O–H groups in total. The summed E-state index contributed by atoms with van der Waals surface area (Å²) in [6.07, 6.45) is 4.48. The summed E-state index contributed by atoms with van der Waals surface area (Å²) < 4.78 is 30.0. The molecule has 1 fully saturated rings. The first-order valence-corrected chi connectivity index (χ1v) is 16.2. The molecule has 0 saturated carbocycles. The Balaban J connectivity index is 1.36. The van der Waals surface area contributed by atoms with Gasteiger partial charge in [0.2, 0.25) is 0 Å². The smallest absolute Gasteiger partial charge is 0.178 e. The minimum atomic E-state index is -0.936. The molecule has 5 aromatic carbocycles. The van der Waals surface area contributed by atoms with E-state index >= 15 is 0 Å². The van der Waals surface area contributed by atoms with Crippen molar-refractivity contribution in [3.05, 3.63) is 119 Å². The van der Waals surface area contributed by atoms with Gasteiger partial charge in [0.25, 0.3) is 0 Å².